The minimum Gasteiger partial charge on any atom is -0.353 e. The number of nitriles is 1. The number of pyridine rings is 1. The van der Waals surface area contributed by atoms with Crippen molar-refractivity contribution in [1.82, 2.24) is 4.98 Å². The molecule has 0 saturated carbocycles. The first-order chi connectivity index (χ1) is 8.20. The van der Waals surface area contributed by atoms with Gasteiger partial charge < -0.3 is 5.32 Å². The van der Waals surface area contributed by atoms with Gasteiger partial charge in [-0.05, 0) is 24.3 Å². The highest BCUT2D eigenvalue weighted by atomic mass is 35.5. The molecule has 0 radical (unpaired) electrons. The molecule has 0 atom stereocenters. The van der Waals surface area contributed by atoms with E-state index in [-0.39, 0.29) is 16.4 Å². The quantitative estimate of drug-likeness (QED) is 0.884. The van der Waals surface area contributed by atoms with Crippen LogP contribution in [-0.4, -0.2) is 4.98 Å². The molecule has 0 aliphatic carbocycles. The van der Waals surface area contributed by atoms with Gasteiger partial charge in [-0.25, -0.2) is 9.37 Å². The van der Waals surface area contributed by atoms with Crippen molar-refractivity contribution in [3.8, 4) is 6.07 Å². The minimum atomic E-state index is -0.524. The highest BCUT2D eigenvalue weighted by Crippen LogP contribution is 2.25. The molecule has 0 spiro atoms. The largest absolute Gasteiger partial charge is 0.353 e. The van der Waals surface area contributed by atoms with E-state index in [0.717, 1.165) is 0 Å². The third-order valence-corrected chi connectivity index (χ3v) is 2.40. The lowest BCUT2D eigenvalue weighted by molar-refractivity contribution is 0.632. The predicted molar refractivity (Wildman–Crippen MR) is 63.6 cm³/mol. The molecule has 0 aliphatic rings. The van der Waals surface area contributed by atoms with E-state index in [1.165, 1.54) is 18.3 Å². The second-order valence-corrected chi connectivity index (χ2v) is 3.68. The lowest BCUT2D eigenvalue weighted by Gasteiger charge is -2.08. The Morgan fingerprint density at radius 1 is 1.35 bits per heavy atom. The molecule has 0 unspecified atom stereocenters. The van der Waals surface area contributed by atoms with Crippen LogP contribution in [0.3, 0.4) is 0 Å². The predicted octanol–water partition coefficient (Wildman–Crippen LogP) is 3.49. The normalized spacial score (nSPS) is 9.71. The first-order valence-electron chi connectivity index (χ1n) is 4.78. The van der Waals surface area contributed by atoms with Gasteiger partial charge in [-0.3, -0.25) is 0 Å². The summed E-state index contributed by atoms with van der Waals surface area (Å²) < 4.78 is 13.6. The van der Waals surface area contributed by atoms with Crippen molar-refractivity contribution >= 4 is 23.0 Å². The molecule has 0 bridgehead atoms. The van der Waals surface area contributed by atoms with Crippen molar-refractivity contribution < 1.29 is 4.39 Å². The van der Waals surface area contributed by atoms with E-state index in [2.05, 4.69) is 10.3 Å². The van der Waals surface area contributed by atoms with Crippen molar-refractivity contribution in [1.29, 1.82) is 5.26 Å². The number of halogens is 2. The van der Waals surface area contributed by atoms with Gasteiger partial charge >= 0.3 is 0 Å². The van der Waals surface area contributed by atoms with Gasteiger partial charge in [-0.2, -0.15) is 5.26 Å². The van der Waals surface area contributed by atoms with Gasteiger partial charge in [0.2, 0.25) is 0 Å². The SMILES string of the molecule is N#Cc1cc(Nc2cccc(Cl)c2F)ccn1. The highest BCUT2D eigenvalue weighted by molar-refractivity contribution is 6.31. The van der Waals surface area contributed by atoms with Crippen LogP contribution in [0.5, 0.6) is 0 Å². The molecule has 0 fully saturated rings. The molecule has 84 valence electrons. The van der Waals surface area contributed by atoms with Crippen LogP contribution in [-0.2, 0) is 0 Å². The summed E-state index contributed by atoms with van der Waals surface area (Å²) in [4.78, 5) is 3.82. The Morgan fingerprint density at radius 3 is 2.94 bits per heavy atom. The molecule has 17 heavy (non-hydrogen) atoms. The molecule has 1 aromatic heterocycles. The standard InChI is InChI=1S/C12H7ClFN3/c13-10-2-1-3-11(12(10)14)17-8-4-5-16-9(6-8)7-15/h1-6H,(H,16,17). The lowest BCUT2D eigenvalue weighted by atomic mass is 10.2. The number of hydrogen-bond donors (Lipinski definition) is 1. The Labute approximate surface area is 102 Å². The van der Waals surface area contributed by atoms with E-state index in [4.69, 9.17) is 16.9 Å². The topological polar surface area (TPSA) is 48.7 Å². The molecular weight excluding hydrogens is 241 g/mol. The second-order valence-electron chi connectivity index (χ2n) is 3.27. The monoisotopic (exact) mass is 247 g/mol. The first-order valence-corrected chi connectivity index (χ1v) is 5.15. The summed E-state index contributed by atoms with van der Waals surface area (Å²) in [5.41, 5.74) is 1.10. The van der Waals surface area contributed by atoms with Crippen LogP contribution in [0, 0.1) is 17.1 Å². The van der Waals surface area contributed by atoms with Gasteiger partial charge in [-0.15, -0.1) is 0 Å². The van der Waals surface area contributed by atoms with Gasteiger partial charge in [-0.1, -0.05) is 17.7 Å². The zero-order chi connectivity index (χ0) is 12.3. The molecule has 3 nitrogen and oxygen atoms in total. The Hall–Kier alpha value is -2.12. The number of aromatic nitrogens is 1. The van der Waals surface area contributed by atoms with Gasteiger partial charge in [0.15, 0.2) is 5.82 Å². The third-order valence-electron chi connectivity index (χ3n) is 2.11. The van der Waals surface area contributed by atoms with Crippen molar-refractivity contribution in [2.75, 3.05) is 5.32 Å². The van der Waals surface area contributed by atoms with E-state index >= 15 is 0 Å². The number of anilines is 2. The molecule has 0 aliphatic heterocycles. The van der Waals surface area contributed by atoms with Crippen molar-refractivity contribution in [3.63, 3.8) is 0 Å². The Balaban J connectivity index is 2.32. The van der Waals surface area contributed by atoms with Crippen molar-refractivity contribution in [2.45, 2.75) is 0 Å². The zero-order valence-corrected chi connectivity index (χ0v) is 9.37. The van der Waals surface area contributed by atoms with Crippen molar-refractivity contribution in [2.24, 2.45) is 0 Å². The fourth-order valence-electron chi connectivity index (χ4n) is 1.33. The van der Waals surface area contributed by atoms with Crippen LogP contribution in [0.25, 0.3) is 0 Å². The van der Waals surface area contributed by atoms with Crippen LogP contribution in [0.1, 0.15) is 5.69 Å². The average Bonchev–Trinajstić information content (AvgIpc) is 2.35. The Morgan fingerprint density at radius 2 is 2.18 bits per heavy atom. The van der Waals surface area contributed by atoms with Crippen LogP contribution in [0.15, 0.2) is 36.5 Å². The van der Waals surface area contributed by atoms with Crippen LogP contribution in [0.4, 0.5) is 15.8 Å². The Bertz CT molecular complexity index is 593. The van der Waals surface area contributed by atoms with E-state index in [9.17, 15) is 4.39 Å². The second kappa shape index (κ2) is 4.81. The molecular formula is C12H7ClFN3. The molecule has 1 aromatic carbocycles. The van der Waals surface area contributed by atoms with Crippen LogP contribution >= 0.6 is 11.6 Å². The number of benzene rings is 1. The summed E-state index contributed by atoms with van der Waals surface area (Å²) >= 11 is 5.66. The summed E-state index contributed by atoms with van der Waals surface area (Å²) in [7, 11) is 0. The number of rotatable bonds is 2. The molecule has 2 aromatic rings. The smallest absolute Gasteiger partial charge is 0.165 e. The average molecular weight is 248 g/mol. The van der Waals surface area contributed by atoms with Gasteiger partial charge in [0.1, 0.15) is 11.8 Å². The third kappa shape index (κ3) is 2.52. The van der Waals surface area contributed by atoms with Crippen molar-refractivity contribution in [3.05, 3.63) is 53.1 Å². The van der Waals surface area contributed by atoms with Crippen LogP contribution < -0.4 is 5.32 Å². The molecule has 5 heteroatoms. The minimum absolute atomic E-state index is 0.0459. The van der Waals surface area contributed by atoms with E-state index in [0.29, 0.717) is 5.69 Å². The van der Waals surface area contributed by atoms with Crippen LogP contribution in [0.2, 0.25) is 5.02 Å². The number of hydrogen-bond acceptors (Lipinski definition) is 3. The molecule has 0 amide bonds. The molecule has 1 heterocycles. The Kier molecular flexibility index (Phi) is 3.22. The maximum absolute atomic E-state index is 13.6. The van der Waals surface area contributed by atoms with E-state index in [1.54, 1.807) is 18.2 Å². The lowest BCUT2D eigenvalue weighted by Crippen LogP contribution is -1.95. The first kappa shape index (κ1) is 11.4. The fraction of sp³-hybridized carbons (Fsp3) is 0. The number of nitrogens with zero attached hydrogens (tertiary/aromatic N) is 2. The summed E-state index contributed by atoms with van der Waals surface area (Å²) in [6.45, 7) is 0. The van der Waals surface area contributed by atoms with Gasteiger partial charge in [0.05, 0.1) is 10.7 Å². The summed E-state index contributed by atoms with van der Waals surface area (Å²) in [5, 5.41) is 11.6. The summed E-state index contributed by atoms with van der Waals surface area (Å²) in [6, 6.07) is 9.75. The maximum Gasteiger partial charge on any atom is 0.165 e. The molecule has 1 N–H and O–H groups in total. The fourth-order valence-corrected chi connectivity index (χ4v) is 1.50. The zero-order valence-electron chi connectivity index (χ0n) is 8.61. The van der Waals surface area contributed by atoms with E-state index in [1.807, 2.05) is 6.07 Å². The highest BCUT2D eigenvalue weighted by Gasteiger charge is 2.06. The summed E-state index contributed by atoms with van der Waals surface area (Å²) in [6.07, 6.45) is 1.48. The molecule has 2 rings (SSSR count). The molecule has 0 saturated heterocycles. The maximum atomic E-state index is 13.6. The summed E-state index contributed by atoms with van der Waals surface area (Å²) in [5.74, 6) is -0.524. The van der Waals surface area contributed by atoms with Gasteiger partial charge in [0.25, 0.3) is 0 Å². The van der Waals surface area contributed by atoms with E-state index < -0.39 is 5.82 Å². The number of nitrogens with one attached hydrogen (secondary N) is 1. The van der Waals surface area contributed by atoms with Gasteiger partial charge in [0, 0.05) is 11.9 Å².